The fourth-order valence-corrected chi connectivity index (χ4v) is 3.28. The summed E-state index contributed by atoms with van der Waals surface area (Å²) >= 11 is 1.16. The summed E-state index contributed by atoms with van der Waals surface area (Å²) in [6.07, 6.45) is 1.84. The number of hydrogen-bond donors (Lipinski definition) is 2. The Hall–Kier alpha value is -2.56. The van der Waals surface area contributed by atoms with Gasteiger partial charge in [0.1, 0.15) is 11.9 Å². The quantitative estimate of drug-likeness (QED) is 0.562. The second-order valence-electron chi connectivity index (χ2n) is 8.91. The number of nitrogens with zero attached hydrogens (tertiary/aromatic N) is 2. The molecule has 0 spiro atoms. The SMILES string of the molecule is CC(C)[C@H](N)C(=O)OCn1ccs/c1=N\C(=O)c1ccc(NC(=O)CC(C)(C)C)c(F)c1.Cl. The van der Waals surface area contributed by atoms with E-state index >= 15 is 0 Å². The van der Waals surface area contributed by atoms with Crippen LogP contribution in [0.25, 0.3) is 0 Å². The van der Waals surface area contributed by atoms with Crippen LogP contribution in [0.15, 0.2) is 34.8 Å². The maximum Gasteiger partial charge on any atom is 0.324 e. The van der Waals surface area contributed by atoms with E-state index in [4.69, 9.17) is 10.5 Å². The van der Waals surface area contributed by atoms with Crippen LogP contribution in [0.4, 0.5) is 10.1 Å². The van der Waals surface area contributed by atoms with Crippen molar-refractivity contribution < 1.29 is 23.5 Å². The Morgan fingerprint density at radius 3 is 2.52 bits per heavy atom. The lowest BCUT2D eigenvalue weighted by atomic mass is 9.92. The largest absolute Gasteiger partial charge is 0.443 e. The van der Waals surface area contributed by atoms with E-state index in [1.807, 2.05) is 34.6 Å². The lowest BCUT2D eigenvalue weighted by Crippen LogP contribution is -2.37. The molecule has 1 heterocycles. The number of rotatable bonds is 7. The molecule has 1 atom stereocenters. The van der Waals surface area contributed by atoms with Crippen molar-refractivity contribution in [1.82, 2.24) is 4.57 Å². The number of carbonyl (C=O) groups excluding carboxylic acids is 3. The highest BCUT2D eigenvalue weighted by Gasteiger charge is 2.19. The number of anilines is 1. The Morgan fingerprint density at radius 2 is 1.94 bits per heavy atom. The molecule has 0 unspecified atom stereocenters. The number of halogens is 2. The van der Waals surface area contributed by atoms with Gasteiger partial charge in [0, 0.05) is 23.6 Å². The summed E-state index contributed by atoms with van der Waals surface area (Å²) in [5, 5.41) is 4.19. The van der Waals surface area contributed by atoms with Crippen LogP contribution >= 0.6 is 23.7 Å². The van der Waals surface area contributed by atoms with Crippen LogP contribution in [0.2, 0.25) is 0 Å². The Labute approximate surface area is 202 Å². The van der Waals surface area contributed by atoms with Crippen molar-refractivity contribution in [3.05, 3.63) is 46.0 Å². The standard InChI is InChI=1S/C22H29FN4O4S.ClH/c1-13(2)18(24)20(30)31-12-27-8-9-32-21(27)26-19(29)14-6-7-16(15(23)10-14)25-17(28)11-22(3,4)5;/h6-10,13,18H,11-12,24H2,1-5H3,(H,25,28);1H/b26-21-;/t18-;/m0./s1. The Balaban J connectivity index is 0.00000544. The molecule has 0 aliphatic rings. The second kappa shape index (κ2) is 12.1. The van der Waals surface area contributed by atoms with Gasteiger partial charge >= 0.3 is 5.97 Å². The first-order valence-corrected chi connectivity index (χ1v) is 11.0. The smallest absolute Gasteiger partial charge is 0.324 e. The molecule has 2 aromatic rings. The molecule has 182 valence electrons. The van der Waals surface area contributed by atoms with E-state index in [9.17, 15) is 18.8 Å². The summed E-state index contributed by atoms with van der Waals surface area (Å²) < 4.78 is 21.1. The molecule has 0 aliphatic heterocycles. The summed E-state index contributed by atoms with van der Waals surface area (Å²) in [5.74, 6) is -2.34. The highest BCUT2D eigenvalue weighted by Crippen LogP contribution is 2.21. The number of nitrogens with one attached hydrogen (secondary N) is 1. The van der Waals surface area contributed by atoms with Gasteiger partial charge in [-0.25, -0.2) is 4.39 Å². The van der Waals surface area contributed by atoms with Gasteiger partial charge < -0.3 is 15.8 Å². The second-order valence-corrected chi connectivity index (χ2v) is 9.79. The van der Waals surface area contributed by atoms with Gasteiger partial charge in [-0.15, -0.1) is 23.7 Å². The van der Waals surface area contributed by atoms with Gasteiger partial charge in [0.15, 0.2) is 11.5 Å². The van der Waals surface area contributed by atoms with Crippen molar-refractivity contribution in [2.75, 3.05) is 5.32 Å². The molecule has 0 saturated carbocycles. The normalized spacial score (nSPS) is 12.8. The summed E-state index contributed by atoms with van der Waals surface area (Å²) in [7, 11) is 0. The highest BCUT2D eigenvalue weighted by atomic mass is 35.5. The zero-order valence-corrected chi connectivity index (χ0v) is 20.9. The molecule has 0 aliphatic carbocycles. The number of ether oxygens (including phenoxy) is 1. The molecule has 3 N–H and O–H groups in total. The number of hydrogen-bond acceptors (Lipinski definition) is 6. The van der Waals surface area contributed by atoms with Crippen molar-refractivity contribution in [3.63, 3.8) is 0 Å². The number of benzene rings is 1. The Bertz CT molecular complexity index is 1060. The van der Waals surface area contributed by atoms with Crippen molar-refractivity contribution in [3.8, 4) is 0 Å². The van der Waals surface area contributed by atoms with Crippen LogP contribution in [-0.4, -0.2) is 28.4 Å². The van der Waals surface area contributed by atoms with Crippen LogP contribution in [0.5, 0.6) is 0 Å². The van der Waals surface area contributed by atoms with Gasteiger partial charge in [-0.1, -0.05) is 34.6 Å². The lowest BCUT2D eigenvalue weighted by molar-refractivity contribution is -0.150. The predicted molar refractivity (Wildman–Crippen MR) is 127 cm³/mol. The van der Waals surface area contributed by atoms with Gasteiger partial charge in [0.05, 0.1) is 5.69 Å². The number of carbonyl (C=O) groups is 3. The molecule has 11 heteroatoms. The van der Waals surface area contributed by atoms with Crippen LogP contribution in [0.1, 0.15) is 51.4 Å². The number of nitrogens with two attached hydrogens (primary N) is 1. The fourth-order valence-electron chi connectivity index (χ4n) is 2.56. The number of aromatic nitrogens is 1. The number of esters is 1. The third-order valence-electron chi connectivity index (χ3n) is 4.37. The number of amides is 2. The molecular formula is C22H30ClFN4O4S. The highest BCUT2D eigenvalue weighted by molar-refractivity contribution is 7.07. The summed E-state index contributed by atoms with van der Waals surface area (Å²) in [6, 6.07) is 3.00. The number of thiazole rings is 1. The van der Waals surface area contributed by atoms with Crippen molar-refractivity contribution >= 4 is 47.2 Å². The van der Waals surface area contributed by atoms with E-state index in [0.717, 1.165) is 17.4 Å². The summed E-state index contributed by atoms with van der Waals surface area (Å²) in [6.45, 7) is 9.18. The third kappa shape index (κ3) is 8.71. The lowest BCUT2D eigenvalue weighted by Gasteiger charge is -2.17. The van der Waals surface area contributed by atoms with E-state index in [-0.39, 0.29) is 58.9 Å². The molecule has 33 heavy (non-hydrogen) atoms. The van der Waals surface area contributed by atoms with Crippen LogP contribution < -0.4 is 15.9 Å². The first kappa shape index (κ1) is 28.5. The van der Waals surface area contributed by atoms with E-state index in [0.29, 0.717) is 0 Å². The maximum absolute atomic E-state index is 14.4. The van der Waals surface area contributed by atoms with Crippen LogP contribution in [0.3, 0.4) is 0 Å². The zero-order valence-electron chi connectivity index (χ0n) is 19.3. The van der Waals surface area contributed by atoms with Gasteiger partial charge in [-0.3, -0.25) is 19.0 Å². The molecule has 8 nitrogen and oxygen atoms in total. The molecule has 1 aromatic heterocycles. The van der Waals surface area contributed by atoms with Crippen LogP contribution in [-0.2, 0) is 21.1 Å². The van der Waals surface area contributed by atoms with E-state index in [1.54, 1.807) is 11.6 Å². The van der Waals surface area contributed by atoms with Crippen molar-refractivity contribution in [1.29, 1.82) is 0 Å². The average Bonchev–Trinajstić information content (AvgIpc) is 3.12. The van der Waals surface area contributed by atoms with E-state index in [1.165, 1.54) is 16.7 Å². The molecule has 0 fully saturated rings. The maximum atomic E-state index is 14.4. The molecule has 2 rings (SSSR count). The fraction of sp³-hybridized carbons (Fsp3) is 0.455. The first-order valence-electron chi connectivity index (χ1n) is 10.1. The predicted octanol–water partition coefficient (Wildman–Crippen LogP) is 3.71. The van der Waals surface area contributed by atoms with Crippen molar-refractivity contribution in [2.45, 2.75) is 53.8 Å². The van der Waals surface area contributed by atoms with Gasteiger partial charge in [-0.05, 0) is 29.5 Å². The van der Waals surface area contributed by atoms with E-state index < -0.39 is 23.7 Å². The minimum Gasteiger partial charge on any atom is -0.443 e. The summed E-state index contributed by atoms with van der Waals surface area (Å²) in [5.41, 5.74) is 5.54. The minimum absolute atomic E-state index is 0. The van der Waals surface area contributed by atoms with Gasteiger partial charge in [0.25, 0.3) is 5.91 Å². The third-order valence-corrected chi connectivity index (χ3v) is 5.17. The monoisotopic (exact) mass is 500 g/mol. The topological polar surface area (TPSA) is 116 Å². The molecule has 0 saturated heterocycles. The summed E-state index contributed by atoms with van der Waals surface area (Å²) in [4.78, 5) is 40.8. The van der Waals surface area contributed by atoms with Crippen molar-refractivity contribution in [2.24, 2.45) is 22.1 Å². The Kier molecular flexibility index (Phi) is 10.4. The average molecular weight is 501 g/mol. The minimum atomic E-state index is -0.748. The van der Waals surface area contributed by atoms with E-state index in [2.05, 4.69) is 10.3 Å². The molecule has 2 amide bonds. The van der Waals surface area contributed by atoms with Crippen LogP contribution in [0, 0.1) is 17.2 Å². The van der Waals surface area contributed by atoms with Gasteiger partial charge in [0.2, 0.25) is 5.91 Å². The molecule has 1 aromatic carbocycles. The first-order chi connectivity index (χ1) is 14.9. The molecule has 0 radical (unpaired) electrons. The zero-order chi connectivity index (χ0) is 24.1. The Morgan fingerprint density at radius 1 is 1.27 bits per heavy atom. The molecular weight excluding hydrogens is 471 g/mol. The van der Waals surface area contributed by atoms with Gasteiger partial charge in [-0.2, -0.15) is 4.99 Å². The molecule has 0 bridgehead atoms.